The van der Waals surface area contributed by atoms with Gasteiger partial charge in [-0.3, -0.25) is 4.68 Å². The van der Waals surface area contributed by atoms with Crippen molar-refractivity contribution in [2.45, 2.75) is 27.7 Å². The van der Waals surface area contributed by atoms with Crippen molar-refractivity contribution in [2.75, 3.05) is 0 Å². The molecule has 0 radical (unpaired) electrons. The first kappa shape index (κ1) is 10.9. The summed E-state index contributed by atoms with van der Waals surface area (Å²) in [5, 5.41) is 4.59. The second-order valence-corrected chi connectivity index (χ2v) is 4.50. The molecular formula is C14H18N2. The van der Waals surface area contributed by atoms with Crippen LogP contribution in [0.4, 0.5) is 0 Å². The molecule has 0 N–H and O–H groups in total. The van der Waals surface area contributed by atoms with E-state index in [1.54, 1.807) is 0 Å². The lowest BCUT2D eigenvalue weighted by Crippen LogP contribution is -1.93. The molecule has 16 heavy (non-hydrogen) atoms. The molecule has 0 bridgehead atoms. The Hall–Kier alpha value is -1.57. The Bertz CT molecular complexity index is 536. The molecule has 0 amide bonds. The van der Waals surface area contributed by atoms with Crippen LogP contribution in [0, 0.1) is 27.7 Å². The zero-order valence-electron chi connectivity index (χ0n) is 10.6. The largest absolute Gasteiger partial charge is 0.272 e. The standard InChI is InChI=1S/C14H18N2/c1-9-6-7-13(10(2)8-9)14-11(3)12(4)16(5)15-14/h6-8H,1-5H3. The average Bonchev–Trinajstić information content (AvgIpc) is 2.46. The van der Waals surface area contributed by atoms with Gasteiger partial charge in [-0.2, -0.15) is 5.10 Å². The fourth-order valence-corrected chi connectivity index (χ4v) is 2.05. The summed E-state index contributed by atoms with van der Waals surface area (Å²) in [6, 6.07) is 6.52. The molecule has 2 heteroatoms. The fourth-order valence-electron chi connectivity index (χ4n) is 2.05. The Morgan fingerprint density at radius 1 is 1.06 bits per heavy atom. The number of nitrogens with zero attached hydrogens (tertiary/aromatic N) is 2. The van der Waals surface area contributed by atoms with Crippen LogP contribution >= 0.6 is 0 Å². The van der Waals surface area contributed by atoms with E-state index in [9.17, 15) is 0 Å². The fraction of sp³-hybridized carbons (Fsp3) is 0.357. The molecule has 2 aromatic rings. The molecule has 2 rings (SSSR count). The van der Waals surface area contributed by atoms with Crippen LogP contribution in [-0.4, -0.2) is 9.78 Å². The van der Waals surface area contributed by atoms with Gasteiger partial charge in [0.1, 0.15) is 0 Å². The van der Waals surface area contributed by atoms with E-state index in [-0.39, 0.29) is 0 Å². The van der Waals surface area contributed by atoms with Gasteiger partial charge in [-0.1, -0.05) is 23.8 Å². The second-order valence-electron chi connectivity index (χ2n) is 4.50. The molecule has 0 atom stereocenters. The van der Waals surface area contributed by atoms with E-state index in [0.717, 1.165) is 5.69 Å². The van der Waals surface area contributed by atoms with Gasteiger partial charge in [-0.15, -0.1) is 0 Å². The first-order valence-electron chi connectivity index (χ1n) is 5.58. The summed E-state index contributed by atoms with van der Waals surface area (Å²) in [5.74, 6) is 0. The van der Waals surface area contributed by atoms with Crippen LogP contribution in [0.5, 0.6) is 0 Å². The van der Waals surface area contributed by atoms with Gasteiger partial charge in [0.25, 0.3) is 0 Å². The highest BCUT2D eigenvalue weighted by Gasteiger charge is 2.12. The first-order chi connectivity index (χ1) is 7.50. The highest BCUT2D eigenvalue weighted by atomic mass is 15.3. The van der Waals surface area contributed by atoms with Crippen LogP contribution in [0.25, 0.3) is 11.3 Å². The van der Waals surface area contributed by atoms with Gasteiger partial charge in [0.05, 0.1) is 5.69 Å². The van der Waals surface area contributed by atoms with Crippen LogP contribution in [0.2, 0.25) is 0 Å². The van der Waals surface area contributed by atoms with Crippen LogP contribution in [0.3, 0.4) is 0 Å². The number of hydrogen-bond donors (Lipinski definition) is 0. The summed E-state index contributed by atoms with van der Waals surface area (Å²) in [6.07, 6.45) is 0. The van der Waals surface area contributed by atoms with Crippen LogP contribution in [0.15, 0.2) is 18.2 Å². The number of benzene rings is 1. The molecule has 0 saturated heterocycles. The maximum absolute atomic E-state index is 4.59. The van der Waals surface area contributed by atoms with Crippen molar-refractivity contribution < 1.29 is 0 Å². The molecule has 0 aliphatic rings. The van der Waals surface area contributed by atoms with Gasteiger partial charge >= 0.3 is 0 Å². The Balaban J connectivity index is 2.63. The number of aryl methyl sites for hydroxylation is 3. The third-order valence-electron chi connectivity index (χ3n) is 3.27. The summed E-state index contributed by atoms with van der Waals surface area (Å²) in [6.45, 7) is 8.51. The Morgan fingerprint density at radius 2 is 1.75 bits per heavy atom. The molecule has 0 unspecified atom stereocenters. The highest BCUT2D eigenvalue weighted by molar-refractivity contribution is 5.67. The Morgan fingerprint density at radius 3 is 2.25 bits per heavy atom. The lowest BCUT2D eigenvalue weighted by atomic mass is 10.0. The maximum Gasteiger partial charge on any atom is 0.0957 e. The summed E-state index contributed by atoms with van der Waals surface area (Å²) in [4.78, 5) is 0. The molecule has 2 nitrogen and oxygen atoms in total. The van der Waals surface area contributed by atoms with Crippen molar-refractivity contribution in [1.29, 1.82) is 0 Å². The maximum atomic E-state index is 4.59. The normalized spacial score (nSPS) is 10.8. The van der Waals surface area contributed by atoms with Crippen LogP contribution in [-0.2, 0) is 7.05 Å². The monoisotopic (exact) mass is 214 g/mol. The van der Waals surface area contributed by atoms with Crippen molar-refractivity contribution >= 4 is 0 Å². The SMILES string of the molecule is Cc1ccc(-c2nn(C)c(C)c2C)c(C)c1. The van der Waals surface area contributed by atoms with Crippen molar-refractivity contribution in [2.24, 2.45) is 7.05 Å². The van der Waals surface area contributed by atoms with E-state index in [4.69, 9.17) is 0 Å². The molecule has 0 aliphatic carbocycles. The predicted octanol–water partition coefficient (Wildman–Crippen LogP) is 3.32. The molecule has 0 aliphatic heterocycles. The van der Waals surface area contributed by atoms with E-state index in [2.05, 4.69) is 51.0 Å². The number of hydrogen-bond acceptors (Lipinski definition) is 1. The van der Waals surface area contributed by atoms with Crippen molar-refractivity contribution in [3.8, 4) is 11.3 Å². The van der Waals surface area contributed by atoms with Crippen LogP contribution < -0.4 is 0 Å². The van der Waals surface area contributed by atoms with Gasteiger partial charge in [0.15, 0.2) is 0 Å². The number of aromatic nitrogens is 2. The minimum atomic E-state index is 1.11. The van der Waals surface area contributed by atoms with Crippen molar-refractivity contribution in [3.05, 3.63) is 40.6 Å². The summed E-state index contributed by atoms with van der Waals surface area (Å²) < 4.78 is 1.95. The molecule has 84 valence electrons. The van der Waals surface area contributed by atoms with E-state index < -0.39 is 0 Å². The van der Waals surface area contributed by atoms with E-state index in [1.807, 2.05) is 11.7 Å². The molecule has 1 heterocycles. The lowest BCUT2D eigenvalue weighted by Gasteiger charge is -2.05. The first-order valence-corrected chi connectivity index (χ1v) is 5.58. The van der Waals surface area contributed by atoms with Gasteiger partial charge in [0.2, 0.25) is 0 Å². The number of rotatable bonds is 1. The second kappa shape index (κ2) is 3.78. The minimum absolute atomic E-state index is 1.11. The third-order valence-corrected chi connectivity index (χ3v) is 3.27. The van der Waals surface area contributed by atoms with E-state index in [1.165, 1.54) is 27.9 Å². The van der Waals surface area contributed by atoms with Crippen molar-refractivity contribution in [3.63, 3.8) is 0 Å². The molecule has 0 saturated carbocycles. The van der Waals surface area contributed by atoms with Gasteiger partial charge in [0, 0.05) is 18.3 Å². The summed E-state index contributed by atoms with van der Waals surface area (Å²) in [7, 11) is 2.00. The van der Waals surface area contributed by atoms with Gasteiger partial charge in [-0.25, -0.2) is 0 Å². The molecular weight excluding hydrogens is 196 g/mol. The Labute approximate surface area is 96.9 Å². The van der Waals surface area contributed by atoms with E-state index >= 15 is 0 Å². The predicted molar refractivity (Wildman–Crippen MR) is 67.6 cm³/mol. The molecule has 1 aromatic carbocycles. The Kier molecular flexibility index (Phi) is 2.58. The third kappa shape index (κ3) is 1.64. The zero-order chi connectivity index (χ0) is 11.9. The topological polar surface area (TPSA) is 17.8 Å². The van der Waals surface area contributed by atoms with Crippen molar-refractivity contribution in [1.82, 2.24) is 9.78 Å². The lowest BCUT2D eigenvalue weighted by molar-refractivity contribution is 0.741. The quantitative estimate of drug-likeness (QED) is 0.712. The molecule has 0 spiro atoms. The summed E-state index contributed by atoms with van der Waals surface area (Å²) in [5.41, 5.74) is 7.45. The van der Waals surface area contributed by atoms with Gasteiger partial charge in [-0.05, 0) is 38.8 Å². The van der Waals surface area contributed by atoms with Gasteiger partial charge < -0.3 is 0 Å². The minimum Gasteiger partial charge on any atom is -0.272 e. The average molecular weight is 214 g/mol. The molecule has 1 aromatic heterocycles. The summed E-state index contributed by atoms with van der Waals surface area (Å²) >= 11 is 0. The molecule has 0 fully saturated rings. The van der Waals surface area contributed by atoms with E-state index in [0.29, 0.717) is 0 Å². The zero-order valence-corrected chi connectivity index (χ0v) is 10.6. The smallest absolute Gasteiger partial charge is 0.0957 e. The highest BCUT2D eigenvalue weighted by Crippen LogP contribution is 2.27. The van der Waals surface area contributed by atoms with Crippen LogP contribution in [0.1, 0.15) is 22.4 Å².